The molecular formula is C23H27N3O2. The molecule has 0 unspecified atom stereocenters. The fraction of sp³-hybridized carbons (Fsp3) is 0.391. The Bertz CT molecular complexity index is 957. The van der Waals surface area contributed by atoms with Crippen LogP contribution in [0.25, 0.3) is 11.8 Å². The zero-order chi connectivity index (χ0) is 20.3. The Balaban J connectivity index is 1.84. The largest absolute Gasteiger partial charge is 0.376 e. The van der Waals surface area contributed by atoms with E-state index in [-0.39, 0.29) is 17.6 Å². The van der Waals surface area contributed by atoms with E-state index in [1.165, 1.54) is 11.1 Å². The summed E-state index contributed by atoms with van der Waals surface area (Å²) < 4.78 is 7.67. The summed E-state index contributed by atoms with van der Waals surface area (Å²) in [5, 5.41) is 12.3. The third-order valence-corrected chi connectivity index (χ3v) is 5.40. The van der Waals surface area contributed by atoms with Gasteiger partial charge in [0.1, 0.15) is 11.6 Å². The van der Waals surface area contributed by atoms with Crippen LogP contribution in [0.3, 0.4) is 0 Å². The molecule has 28 heavy (non-hydrogen) atoms. The molecule has 146 valence electrons. The number of nitrogens with one attached hydrogen (secondary N) is 1. The lowest BCUT2D eigenvalue weighted by atomic mass is 10.1. The molecule has 2 aromatic rings. The van der Waals surface area contributed by atoms with Crippen molar-refractivity contribution in [1.82, 2.24) is 9.88 Å². The van der Waals surface area contributed by atoms with Gasteiger partial charge in [0.15, 0.2) is 0 Å². The molecule has 0 bridgehead atoms. The van der Waals surface area contributed by atoms with Crippen LogP contribution >= 0.6 is 0 Å². The number of nitriles is 1. The second-order valence-electron chi connectivity index (χ2n) is 7.45. The topological polar surface area (TPSA) is 67.0 Å². The first-order valence-corrected chi connectivity index (χ1v) is 9.69. The first-order chi connectivity index (χ1) is 13.4. The highest BCUT2D eigenvalue weighted by Crippen LogP contribution is 2.24. The van der Waals surface area contributed by atoms with Crippen LogP contribution < -0.4 is 5.32 Å². The summed E-state index contributed by atoms with van der Waals surface area (Å²) in [7, 11) is 0. The molecule has 2 heterocycles. The highest BCUT2D eigenvalue weighted by Gasteiger charge is 2.18. The lowest BCUT2D eigenvalue weighted by molar-refractivity contribution is -0.117. The van der Waals surface area contributed by atoms with E-state index >= 15 is 0 Å². The van der Waals surface area contributed by atoms with Crippen LogP contribution in [0.15, 0.2) is 29.8 Å². The minimum atomic E-state index is -0.353. The first kappa shape index (κ1) is 19.9. The van der Waals surface area contributed by atoms with Gasteiger partial charge in [-0.3, -0.25) is 4.79 Å². The van der Waals surface area contributed by atoms with E-state index in [1.807, 2.05) is 26.0 Å². The Morgan fingerprint density at radius 2 is 2.07 bits per heavy atom. The Kier molecular flexibility index (Phi) is 6.01. The quantitative estimate of drug-likeness (QED) is 0.634. The lowest BCUT2D eigenvalue weighted by Crippen LogP contribution is -2.32. The van der Waals surface area contributed by atoms with Gasteiger partial charge in [-0.1, -0.05) is 6.07 Å². The van der Waals surface area contributed by atoms with E-state index in [9.17, 15) is 10.1 Å². The van der Waals surface area contributed by atoms with Crippen LogP contribution in [-0.4, -0.2) is 29.7 Å². The number of amides is 1. The van der Waals surface area contributed by atoms with Crippen LogP contribution in [0.2, 0.25) is 0 Å². The summed E-state index contributed by atoms with van der Waals surface area (Å²) in [6.07, 6.45) is 3.69. The Hall–Kier alpha value is -2.84. The predicted molar refractivity (Wildman–Crippen MR) is 110 cm³/mol. The summed E-state index contributed by atoms with van der Waals surface area (Å²) in [4.78, 5) is 12.4. The molecule has 1 aromatic heterocycles. The molecule has 5 nitrogen and oxygen atoms in total. The fourth-order valence-corrected chi connectivity index (χ4v) is 3.61. The molecule has 1 fully saturated rings. The highest BCUT2D eigenvalue weighted by atomic mass is 16.5. The van der Waals surface area contributed by atoms with Crippen molar-refractivity contribution in [3.63, 3.8) is 0 Å². The molecule has 0 saturated carbocycles. The summed E-state index contributed by atoms with van der Waals surface area (Å²) in [6.45, 7) is 9.42. The number of nitrogens with zero attached hydrogens (tertiary/aromatic N) is 2. The Morgan fingerprint density at radius 1 is 1.29 bits per heavy atom. The van der Waals surface area contributed by atoms with E-state index < -0.39 is 0 Å². The van der Waals surface area contributed by atoms with Crippen molar-refractivity contribution < 1.29 is 9.53 Å². The number of carbonyl (C=O) groups excluding carboxylic acids is 1. The van der Waals surface area contributed by atoms with Crippen molar-refractivity contribution in [3.05, 3.63) is 57.9 Å². The third-order valence-electron chi connectivity index (χ3n) is 5.40. The second kappa shape index (κ2) is 8.45. The van der Waals surface area contributed by atoms with Crippen molar-refractivity contribution in [3.8, 4) is 11.8 Å². The number of carbonyl (C=O) groups is 1. The first-order valence-electron chi connectivity index (χ1n) is 9.69. The molecule has 3 rings (SSSR count). The molecule has 5 heteroatoms. The van der Waals surface area contributed by atoms with Crippen molar-refractivity contribution >= 4 is 12.0 Å². The molecule has 0 aliphatic carbocycles. The van der Waals surface area contributed by atoms with Gasteiger partial charge in [0.25, 0.3) is 5.91 Å². The standard InChI is InChI=1S/C23H27N3O2/c1-15-7-8-21(10-16(15)2)26-17(3)11-19(18(26)4)12-20(13-24)23(27)25-14-22-6-5-9-28-22/h7-8,10-12,22H,5-6,9,14H2,1-4H3,(H,25,27)/b20-12+/t22-/m0/s1. The normalized spacial score (nSPS) is 16.8. The lowest BCUT2D eigenvalue weighted by Gasteiger charge is -2.12. The van der Waals surface area contributed by atoms with Crippen molar-refractivity contribution in [2.24, 2.45) is 0 Å². The molecular weight excluding hydrogens is 350 g/mol. The third kappa shape index (κ3) is 4.18. The summed E-state index contributed by atoms with van der Waals surface area (Å²) in [5.41, 5.74) is 6.61. The predicted octanol–water partition coefficient (Wildman–Crippen LogP) is 3.91. The molecule has 1 aliphatic rings. The average Bonchev–Trinajstić information content (AvgIpc) is 3.28. The van der Waals surface area contributed by atoms with Crippen LogP contribution in [0.4, 0.5) is 0 Å². The number of hydrogen-bond donors (Lipinski definition) is 1. The fourth-order valence-electron chi connectivity index (χ4n) is 3.61. The van der Waals surface area contributed by atoms with Gasteiger partial charge in [0.2, 0.25) is 0 Å². The van der Waals surface area contributed by atoms with Crippen LogP contribution in [-0.2, 0) is 9.53 Å². The van der Waals surface area contributed by atoms with E-state index in [2.05, 4.69) is 41.9 Å². The van der Waals surface area contributed by atoms with E-state index in [1.54, 1.807) is 6.08 Å². The minimum Gasteiger partial charge on any atom is -0.376 e. The minimum absolute atomic E-state index is 0.0544. The highest BCUT2D eigenvalue weighted by molar-refractivity contribution is 6.01. The molecule has 0 spiro atoms. The van der Waals surface area contributed by atoms with Gasteiger partial charge in [-0.2, -0.15) is 5.26 Å². The van der Waals surface area contributed by atoms with Gasteiger partial charge in [0.05, 0.1) is 6.10 Å². The van der Waals surface area contributed by atoms with Crippen LogP contribution in [0.1, 0.15) is 40.9 Å². The molecule has 1 saturated heterocycles. The summed E-state index contributed by atoms with van der Waals surface area (Å²) in [5.74, 6) is -0.353. The molecule has 1 atom stereocenters. The smallest absolute Gasteiger partial charge is 0.262 e. The number of ether oxygens (including phenoxy) is 1. The number of aromatic nitrogens is 1. The monoisotopic (exact) mass is 377 g/mol. The summed E-state index contributed by atoms with van der Waals surface area (Å²) >= 11 is 0. The zero-order valence-electron chi connectivity index (χ0n) is 17.0. The van der Waals surface area contributed by atoms with Crippen molar-refractivity contribution in [1.29, 1.82) is 5.26 Å². The maximum Gasteiger partial charge on any atom is 0.262 e. The van der Waals surface area contributed by atoms with Gasteiger partial charge < -0.3 is 14.6 Å². The Morgan fingerprint density at radius 3 is 2.71 bits per heavy atom. The molecule has 1 aliphatic heterocycles. The summed E-state index contributed by atoms with van der Waals surface area (Å²) in [6, 6.07) is 10.4. The number of benzene rings is 1. The number of hydrogen-bond acceptors (Lipinski definition) is 3. The number of aryl methyl sites for hydroxylation is 3. The van der Waals surface area contributed by atoms with E-state index in [0.29, 0.717) is 6.54 Å². The Labute approximate surface area is 166 Å². The SMILES string of the molecule is Cc1ccc(-n2c(C)cc(/C=C(\C#N)C(=O)NC[C@@H]3CCCO3)c2C)cc1C. The van der Waals surface area contributed by atoms with Crippen LogP contribution in [0.5, 0.6) is 0 Å². The van der Waals surface area contributed by atoms with E-state index in [0.717, 1.165) is 42.1 Å². The van der Waals surface area contributed by atoms with Crippen molar-refractivity contribution in [2.75, 3.05) is 13.2 Å². The van der Waals surface area contributed by atoms with Crippen LogP contribution in [0, 0.1) is 39.0 Å². The van der Waals surface area contributed by atoms with Gasteiger partial charge in [-0.25, -0.2) is 0 Å². The molecule has 1 N–H and O–H groups in total. The van der Waals surface area contributed by atoms with E-state index in [4.69, 9.17) is 4.74 Å². The molecule has 1 amide bonds. The molecule has 0 radical (unpaired) electrons. The maximum atomic E-state index is 12.4. The van der Waals surface area contributed by atoms with Gasteiger partial charge >= 0.3 is 0 Å². The van der Waals surface area contributed by atoms with Crippen molar-refractivity contribution in [2.45, 2.75) is 46.6 Å². The second-order valence-corrected chi connectivity index (χ2v) is 7.45. The average molecular weight is 377 g/mol. The van der Waals surface area contributed by atoms with Gasteiger partial charge in [-0.15, -0.1) is 0 Å². The van der Waals surface area contributed by atoms with Gasteiger partial charge in [0, 0.05) is 30.2 Å². The maximum absolute atomic E-state index is 12.4. The zero-order valence-corrected chi connectivity index (χ0v) is 17.0. The molecule has 1 aromatic carbocycles. The van der Waals surface area contributed by atoms with Gasteiger partial charge in [-0.05, 0) is 81.5 Å². The number of rotatable bonds is 5.